The van der Waals surface area contributed by atoms with Crippen LogP contribution >= 0.6 is 11.3 Å². The van der Waals surface area contributed by atoms with Crippen molar-refractivity contribution < 1.29 is 14.3 Å². The van der Waals surface area contributed by atoms with E-state index in [4.69, 9.17) is 4.74 Å². The second-order valence-corrected chi connectivity index (χ2v) is 7.63. The summed E-state index contributed by atoms with van der Waals surface area (Å²) in [5.74, 6) is -0.0557. The van der Waals surface area contributed by atoms with Crippen LogP contribution < -0.4 is 10.6 Å². The Bertz CT molecular complexity index is 583. The Labute approximate surface area is 154 Å². The molecule has 2 amide bonds. The fourth-order valence-electron chi connectivity index (χ4n) is 3.13. The van der Waals surface area contributed by atoms with Crippen molar-refractivity contribution in [3.63, 3.8) is 0 Å². The highest BCUT2D eigenvalue weighted by Gasteiger charge is 2.26. The molecule has 0 spiro atoms. The lowest BCUT2D eigenvalue weighted by Crippen LogP contribution is -2.27. The van der Waals surface area contributed by atoms with Gasteiger partial charge >= 0.3 is 0 Å². The number of anilines is 1. The molecule has 1 aromatic rings. The second kappa shape index (κ2) is 10.6. The molecule has 2 rings (SSSR count). The maximum absolute atomic E-state index is 12.7. The third kappa shape index (κ3) is 5.82. The SMILES string of the molecule is CCCCCC(=O)Nc1sc2c(c1C(=O)NCCCOC)CCCC2. The molecule has 0 aromatic carbocycles. The Morgan fingerprint density at radius 1 is 1.16 bits per heavy atom. The Morgan fingerprint density at radius 2 is 1.96 bits per heavy atom. The number of amides is 2. The van der Waals surface area contributed by atoms with E-state index in [1.165, 1.54) is 4.88 Å². The molecular formula is C19H30N2O3S. The molecule has 6 heteroatoms. The van der Waals surface area contributed by atoms with Crippen molar-refractivity contribution >= 4 is 28.2 Å². The summed E-state index contributed by atoms with van der Waals surface area (Å²) in [4.78, 5) is 26.2. The fraction of sp³-hybridized carbons (Fsp3) is 0.684. The number of hydrogen-bond donors (Lipinski definition) is 2. The predicted molar refractivity (Wildman–Crippen MR) is 103 cm³/mol. The predicted octanol–water partition coefficient (Wildman–Crippen LogP) is 3.91. The van der Waals surface area contributed by atoms with Gasteiger partial charge < -0.3 is 15.4 Å². The molecule has 0 unspecified atom stereocenters. The van der Waals surface area contributed by atoms with Gasteiger partial charge in [-0.25, -0.2) is 0 Å². The van der Waals surface area contributed by atoms with E-state index in [-0.39, 0.29) is 11.8 Å². The molecular weight excluding hydrogens is 336 g/mol. The summed E-state index contributed by atoms with van der Waals surface area (Å²) < 4.78 is 5.02. The van der Waals surface area contributed by atoms with Gasteiger partial charge in [-0.3, -0.25) is 9.59 Å². The van der Waals surface area contributed by atoms with Crippen LogP contribution in [0.15, 0.2) is 0 Å². The lowest BCUT2D eigenvalue weighted by molar-refractivity contribution is -0.116. The van der Waals surface area contributed by atoms with E-state index >= 15 is 0 Å². The molecule has 0 atom stereocenters. The third-order valence-corrected chi connectivity index (χ3v) is 5.68. The van der Waals surface area contributed by atoms with Gasteiger partial charge in [0.25, 0.3) is 5.91 Å². The highest BCUT2D eigenvalue weighted by Crippen LogP contribution is 2.38. The monoisotopic (exact) mass is 366 g/mol. The van der Waals surface area contributed by atoms with E-state index in [0.29, 0.717) is 25.1 Å². The van der Waals surface area contributed by atoms with Gasteiger partial charge in [0.05, 0.1) is 5.56 Å². The van der Waals surface area contributed by atoms with Gasteiger partial charge in [-0.1, -0.05) is 19.8 Å². The largest absolute Gasteiger partial charge is 0.385 e. The minimum atomic E-state index is -0.0700. The van der Waals surface area contributed by atoms with Crippen molar-refractivity contribution in [2.24, 2.45) is 0 Å². The minimum absolute atomic E-state index is 0.0143. The number of nitrogens with one attached hydrogen (secondary N) is 2. The molecule has 0 bridgehead atoms. The normalized spacial score (nSPS) is 13.4. The zero-order valence-electron chi connectivity index (χ0n) is 15.4. The Morgan fingerprint density at radius 3 is 2.72 bits per heavy atom. The van der Waals surface area contributed by atoms with Crippen LogP contribution in [0.5, 0.6) is 0 Å². The molecule has 0 fully saturated rings. The average molecular weight is 367 g/mol. The van der Waals surface area contributed by atoms with E-state index in [0.717, 1.165) is 61.9 Å². The molecule has 2 N–H and O–H groups in total. The highest BCUT2D eigenvalue weighted by atomic mass is 32.1. The van der Waals surface area contributed by atoms with Crippen LogP contribution in [-0.4, -0.2) is 32.1 Å². The van der Waals surface area contributed by atoms with Crippen molar-refractivity contribution in [3.8, 4) is 0 Å². The second-order valence-electron chi connectivity index (χ2n) is 6.52. The molecule has 140 valence electrons. The Balaban J connectivity index is 2.08. The first-order valence-electron chi connectivity index (χ1n) is 9.38. The topological polar surface area (TPSA) is 67.4 Å². The average Bonchev–Trinajstić information content (AvgIpc) is 2.96. The maximum Gasteiger partial charge on any atom is 0.254 e. The Hall–Kier alpha value is -1.40. The van der Waals surface area contributed by atoms with Crippen molar-refractivity contribution in [2.75, 3.05) is 25.6 Å². The number of methoxy groups -OCH3 is 1. The summed E-state index contributed by atoms with van der Waals surface area (Å²) in [6, 6.07) is 0. The van der Waals surface area contributed by atoms with Crippen LogP contribution in [0.4, 0.5) is 5.00 Å². The summed E-state index contributed by atoms with van der Waals surface area (Å²) in [6.45, 7) is 3.33. The van der Waals surface area contributed by atoms with E-state index in [1.807, 2.05) is 0 Å². The molecule has 5 nitrogen and oxygen atoms in total. The molecule has 0 aliphatic heterocycles. The van der Waals surface area contributed by atoms with Gasteiger partial charge in [0, 0.05) is 31.6 Å². The van der Waals surface area contributed by atoms with Crippen LogP contribution in [0.2, 0.25) is 0 Å². The number of hydrogen-bond acceptors (Lipinski definition) is 4. The van der Waals surface area contributed by atoms with Gasteiger partial charge in [-0.05, 0) is 44.1 Å². The molecule has 1 aromatic heterocycles. The summed E-state index contributed by atoms with van der Waals surface area (Å²) in [6.07, 6.45) is 8.55. The van der Waals surface area contributed by atoms with E-state index in [2.05, 4.69) is 17.6 Å². The number of carbonyl (C=O) groups is 2. The first-order valence-corrected chi connectivity index (χ1v) is 10.2. The van der Waals surface area contributed by atoms with Gasteiger partial charge in [-0.2, -0.15) is 0 Å². The lowest BCUT2D eigenvalue weighted by atomic mass is 9.95. The minimum Gasteiger partial charge on any atom is -0.385 e. The van der Waals surface area contributed by atoms with E-state index < -0.39 is 0 Å². The van der Waals surface area contributed by atoms with Crippen molar-refractivity contribution in [2.45, 2.75) is 64.7 Å². The number of rotatable bonds is 10. The van der Waals surface area contributed by atoms with Crippen molar-refractivity contribution in [1.82, 2.24) is 5.32 Å². The zero-order chi connectivity index (χ0) is 18.1. The fourth-order valence-corrected chi connectivity index (χ4v) is 4.43. The van der Waals surface area contributed by atoms with E-state index in [1.54, 1.807) is 18.4 Å². The number of ether oxygens (including phenoxy) is 1. The molecule has 1 aliphatic rings. The maximum atomic E-state index is 12.7. The van der Waals surface area contributed by atoms with Crippen LogP contribution in [0.25, 0.3) is 0 Å². The summed E-state index contributed by atoms with van der Waals surface area (Å²) in [5.41, 5.74) is 1.84. The lowest BCUT2D eigenvalue weighted by Gasteiger charge is -2.13. The van der Waals surface area contributed by atoms with Crippen molar-refractivity contribution in [1.29, 1.82) is 0 Å². The van der Waals surface area contributed by atoms with Crippen LogP contribution in [0.1, 0.15) is 72.7 Å². The molecule has 1 heterocycles. The quantitative estimate of drug-likeness (QED) is 0.617. The molecule has 0 saturated carbocycles. The highest BCUT2D eigenvalue weighted by molar-refractivity contribution is 7.17. The third-order valence-electron chi connectivity index (χ3n) is 4.47. The van der Waals surface area contributed by atoms with E-state index in [9.17, 15) is 9.59 Å². The van der Waals surface area contributed by atoms with Crippen LogP contribution in [0.3, 0.4) is 0 Å². The van der Waals surface area contributed by atoms with Crippen LogP contribution in [-0.2, 0) is 22.4 Å². The number of aryl methyl sites for hydroxylation is 1. The number of carbonyl (C=O) groups excluding carboxylic acids is 2. The molecule has 0 saturated heterocycles. The smallest absolute Gasteiger partial charge is 0.254 e. The summed E-state index contributed by atoms with van der Waals surface area (Å²) >= 11 is 1.58. The molecule has 1 aliphatic carbocycles. The molecule has 25 heavy (non-hydrogen) atoms. The van der Waals surface area contributed by atoms with Gasteiger partial charge in [-0.15, -0.1) is 11.3 Å². The standard InChI is InChI=1S/C19H30N2O3S/c1-3-4-5-11-16(22)21-19-17(18(23)20-12-8-13-24-2)14-9-6-7-10-15(14)25-19/h3-13H2,1-2H3,(H,20,23)(H,21,22). The number of thiophene rings is 1. The number of fused-ring (bicyclic) bond motifs is 1. The molecule has 0 radical (unpaired) electrons. The first kappa shape index (κ1) is 19.9. The van der Waals surface area contributed by atoms with Crippen molar-refractivity contribution in [3.05, 3.63) is 16.0 Å². The van der Waals surface area contributed by atoms with Gasteiger partial charge in [0.2, 0.25) is 5.91 Å². The zero-order valence-corrected chi connectivity index (χ0v) is 16.2. The summed E-state index contributed by atoms with van der Waals surface area (Å²) in [5, 5.41) is 6.71. The van der Waals surface area contributed by atoms with Gasteiger partial charge in [0.1, 0.15) is 5.00 Å². The van der Waals surface area contributed by atoms with Crippen LogP contribution in [0, 0.1) is 0 Å². The Kier molecular flexibility index (Phi) is 8.41. The number of unbranched alkanes of at least 4 members (excludes halogenated alkanes) is 2. The van der Waals surface area contributed by atoms with Gasteiger partial charge in [0.15, 0.2) is 0 Å². The first-order chi connectivity index (χ1) is 12.2. The summed E-state index contributed by atoms with van der Waals surface area (Å²) in [7, 11) is 1.66.